The van der Waals surface area contributed by atoms with Crippen LogP contribution in [-0.2, 0) is 10.0 Å². The highest BCUT2D eigenvalue weighted by Crippen LogP contribution is 2.29. The molecule has 0 fully saturated rings. The second-order valence-corrected chi connectivity index (χ2v) is 7.28. The third-order valence-corrected chi connectivity index (χ3v) is 5.10. The van der Waals surface area contributed by atoms with Gasteiger partial charge in [0, 0.05) is 17.5 Å². The number of furan rings is 1. The van der Waals surface area contributed by atoms with Crippen molar-refractivity contribution in [3.05, 3.63) is 41.1 Å². The standard InChI is InChI=1S/C15H18N4O4S/c1-8-7-16-15(17-8)11(4)19-24(20,21)13-6-5-12(22-13)14-9(2)10(3)18-23-14/h5-7,11,19H,1-4H3,(H,16,17). The summed E-state index contributed by atoms with van der Waals surface area (Å²) < 4.78 is 38.1. The predicted octanol–water partition coefficient (Wildman–Crippen LogP) is 2.62. The van der Waals surface area contributed by atoms with Crippen molar-refractivity contribution in [1.29, 1.82) is 0 Å². The van der Waals surface area contributed by atoms with Gasteiger partial charge in [-0.05, 0) is 39.8 Å². The summed E-state index contributed by atoms with van der Waals surface area (Å²) in [6, 6.07) is 2.41. The molecule has 0 aliphatic carbocycles. The van der Waals surface area contributed by atoms with Crippen LogP contribution in [0.25, 0.3) is 11.5 Å². The van der Waals surface area contributed by atoms with Crippen LogP contribution in [0.3, 0.4) is 0 Å². The molecule has 24 heavy (non-hydrogen) atoms. The lowest BCUT2D eigenvalue weighted by Gasteiger charge is -2.10. The minimum atomic E-state index is -3.83. The van der Waals surface area contributed by atoms with Gasteiger partial charge in [-0.1, -0.05) is 5.16 Å². The summed E-state index contributed by atoms with van der Waals surface area (Å²) in [6.07, 6.45) is 1.64. The summed E-state index contributed by atoms with van der Waals surface area (Å²) in [7, 11) is -3.83. The van der Waals surface area contributed by atoms with E-state index >= 15 is 0 Å². The van der Waals surface area contributed by atoms with Crippen LogP contribution in [0.4, 0.5) is 0 Å². The van der Waals surface area contributed by atoms with Crippen LogP contribution in [0.1, 0.15) is 35.7 Å². The number of hydrogen-bond donors (Lipinski definition) is 2. The van der Waals surface area contributed by atoms with Gasteiger partial charge >= 0.3 is 0 Å². The molecule has 0 aliphatic rings. The predicted molar refractivity (Wildman–Crippen MR) is 85.7 cm³/mol. The number of aromatic amines is 1. The maximum Gasteiger partial charge on any atom is 0.274 e. The molecule has 9 heteroatoms. The lowest BCUT2D eigenvalue weighted by molar-refractivity contribution is 0.396. The van der Waals surface area contributed by atoms with Gasteiger partial charge in [0.15, 0.2) is 5.76 Å². The van der Waals surface area contributed by atoms with Gasteiger partial charge in [-0.25, -0.2) is 13.4 Å². The van der Waals surface area contributed by atoms with Gasteiger partial charge in [0.05, 0.1) is 11.7 Å². The minimum absolute atomic E-state index is 0.193. The quantitative estimate of drug-likeness (QED) is 0.731. The number of aryl methyl sites for hydroxylation is 2. The first-order valence-electron chi connectivity index (χ1n) is 7.35. The van der Waals surface area contributed by atoms with Crippen molar-refractivity contribution < 1.29 is 17.4 Å². The summed E-state index contributed by atoms with van der Waals surface area (Å²) in [5.74, 6) is 1.27. The summed E-state index contributed by atoms with van der Waals surface area (Å²) in [6.45, 7) is 7.18. The Balaban J connectivity index is 1.84. The lowest BCUT2D eigenvalue weighted by atomic mass is 10.2. The van der Waals surface area contributed by atoms with Crippen LogP contribution in [0.2, 0.25) is 0 Å². The second-order valence-electron chi connectivity index (χ2n) is 5.64. The molecule has 1 unspecified atom stereocenters. The molecule has 0 spiro atoms. The van der Waals surface area contributed by atoms with E-state index in [9.17, 15) is 8.42 Å². The number of aromatic nitrogens is 3. The van der Waals surface area contributed by atoms with Gasteiger partial charge < -0.3 is 13.9 Å². The summed E-state index contributed by atoms with van der Waals surface area (Å²) >= 11 is 0. The maximum atomic E-state index is 12.5. The Morgan fingerprint density at radius 3 is 2.58 bits per heavy atom. The molecule has 3 aromatic rings. The van der Waals surface area contributed by atoms with Crippen LogP contribution in [-0.4, -0.2) is 23.5 Å². The smallest absolute Gasteiger partial charge is 0.274 e. The topological polar surface area (TPSA) is 114 Å². The molecule has 3 heterocycles. The molecule has 0 aliphatic heterocycles. The molecule has 0 aromatic carbocycles. The number of sulfonamides is 1. The van der Waals surface area contributed by atoms with E-state index < -0.39 is 16.1 Å². The number of rotatable bonds is 5. The number of nitrogens with zero attached hydrogens (tertiary/aromatic N) is 2. The van der Waals surface area contributed by atoms with Crippen molar-refractivity contribution in [2.24, 2.45) is 0 Å². The SMILES string of the molecule is Cc1cnc(C(C)NS(=O)(=O)c2ccc(-c3onc(C)c3C)o2)[nH]1. The molecule has 3 rings (SSSR count). The van der Waals surface area contributed by atoms with E-state index in [0.29, 0.717) is 17.3 Å². The van der Waals surface area contributed by atoms with Gasteiger partial charge in [-0.3, -0.25) is 0 Å². The number of hydrogen-bond acceptors (Lipinski definition) is 6. The van der Waals surface area contributed by atoms with E-state index in [4.69, 9.17) is 8.94 Å². The first kappa shape index (κ1) is 16.5. The summed E-state index contributed by atoms with van der Waals surface area (Å²) in [5, 5.41) is 3.65. The van der Waals surface area contributed by atoms with Gasteiger partial charge in [-0.15, -0.1) is 0 Å². The Morgan fingerprint density at radius 2 is 2.00 bits per heavy atom. The van der Waals surface area contributed by atoms with Crippen LogP contribution in [0.15, 0.2) is 32.4 Å². The van der Waals surface area contributed by atoms with Crippen molar-refractivity contribution in [3.63, 3.8) is 0 Å². The fourth-order valence-corrected chi connectivity index (χ4v) is 3.37. The fraction of sp³-hybridized carbons (Fsp3) is 0.333. The first-order chi connectivity index (χ1) is 11.3. The second kappa shape index (κ2) is 5.91. The zero-order chi connectivity index (χ0) is 17.5. The Labute approximate surface area is 139 Å². The van der Waals surface area contributed by atoms with Crippen molar-refractivity contribution >= 4 is 10.0 Å². The maximum absolute atomic E-state index is 12.5. The van der Waals surface area contributed by atoms with Crippen molar-refractivity contribution in [1.82, 2.24) is 19.8 Å². The fourth-order valence-electron chi connectivity index (χ4n) is 2.23. The molecule has 0 saturated carbocycles. The van der Waals surface area contributed by atoms with Crippen LogP contribution in [0.5, 0.6) is 0 Å². The molecular formula is C15H18N4O4S. The molecular weight excluding hydrogens is 332 g/mol. The molecule has 3 aromatic heterocycles. The molecule has 8 nitrogen and oxygen atoms in total. The van der Waals surface area contributed by atoms with Gasteiger partial charge in [0.1, 0.15) is 5.82 Å². The Bertz CT molecular complexity index is 967. The average Bonchev–Trinajstić information content (AvgIpc) is 3.21. The Hall–Kier alpha value is -2.39. The number of nitrogens with one attached hydrogen (secondary N) is 2. The molecule has 1 atom stereocenters. The van der Waals surface area contributed by atoms with Gasteiger partial charge in [-0.2, -0.15) is 4.72 Å². The summed E-state index contributed by atoms with van der Waals surface area (Å²) in [5.41, 5.74) is 2.39. The molecule has 0 amide bonds. The molecule has 128 valence electrons. The Morgan fingerprint density at radius 1 is 1.25 bits per heavy atom. The van der Waals surface area contributed by atoms with Crippen molar-refractivity contribution in [2.45, 2.75) is 38.8 Å². The van der Waals surface area contributed by atoms with E-state index in [1.807, 2.05) is 13.8 Å². The Kier molecular flexibility index (Phi) is 4.06. The third-order valence-electron chi connectivity index (χ3n) is 3.69. The first-order valence-corrected chi connectivity index (χ1v) is 8.83. The number of imidazole rings is 1. The highest BCUT2D eigenvalue weighted by Gasteiger charge is 2.25. The number of H-pyrrole nitrogens is 1. The molecule has 2 N–H and O–H groups in total. The van der Waals surface area contributed by atoms with Crippen LogP contribution in [0, 0.1) is 20.8 Å². The van der Waals surface area contributed by atoms with Gasteiger partial charge in [0.25, 0.3) is 10.0 Å². The largest absolute Gasteiger partial charge is 0.440 e. The monoisotopic (exact) mass is 350 g/mol. The molecule has 0 bridgehead atoms. The third kappa shape index (κ3) is 3.00. The van der Waals surface area contributed by atoms with Crippen LogP contribution < -0.4 is 4.72 Å². The molecule has 0 radical (unpaired) electrons. The minimum Gasteiger partial charge on any atom is -0.440 e. The van der Waals surface area contributed by atoms with E-state index in [0.717, 1.165) is 17.0 Å². The zero-order valence-electron chi connectivity index (χ0n) is 13.7. The summed E-state index contributed by atoms with van der Waals surface area (Å²) in [4.78, 5) is 7.12. The van der Waals surface area contributed by atoms with E-state index in [1.54, 1.807) is 26.1 Å². The average molecular weight is 350 g/mol. The van der Waals surface area contributed by atoms with Gasteiger partial charge in [0.2, 0.25) is 10.9 Å². The zero-order valence-corrected chi connectivity index (χ0v) is 14.6. The highest BCUT2D eigenvalue weighted by atomic mass is 32.2. The van der Waals surface area contributed by atoms with Crippen molar-refractivity contribution in [2.75, 3.05) is 0 Å². The van der Waals surface area contributed by atoms with E-state index in [1.165, 1.54) is 6.07 Å². The lowest BCUT2D eigenvalue weighted by Crippen LogP contribution is -2.27. The van der Waals surface area contributed by atoms with E-state index in [-0.39, 0.29) is 5.09 Å². The van der Waals surface area contributed by atoms with E-state index in [2.05, 4.69) is 19.8 Å². The normalized spacial score (nSPS) is 13.3. The molecule has 0 saturated heterocycles. The van der Waals surface area contributed by atoms with Crippen molar-refractivity contribution in [3.8, 4) is 11.5 Å². The highest BCUT2D eigenvalue weighted by molar-refractivity contribution is 7.89. The van der Waals surface area contributed by atoms with Crippen LogP contribution >= 0.6 is 0 Å².